The van der Waals surface area contributed by atoms with E-state index in [4.69, 9.17) is 4.74 Å². The highest BCUT2D eigenvalue weighted by atomic mass is 19.4. The second-order valence-corrected chi connectivity index (χ2v) is 8.00. The van der Waals surface area contributed by atoms with Crippen LogP contribution in [0.1, 0.15) is 13.3 Å². The summed E-state index contributed by atoms with van der Waals surface area (Å²) >= 11 is 0. The highest BCUT2D eigenvalue weighted by molar-refractivity contribution is 4.84. The van der Waals surface area contributed by atoms with Crippen molar-refractivity contribution in [3.8, 4) is 0 Å². The van der Waals surface area contributed by atoms with E-state index in [1.165, 1.54) is 16.4 Å². The second kappa shape index (κ2) is 11.2. The van der Waals surface area contributed by atoms with Crippen LogP contribution in [0.5, 0.6) is 0 Å². The molecular formula is C16H13F19O6. The zero-order chi connectivity index (χ0) is 32.8. The van der Waals surface area contributed by atoms with E-state index in [2.05, 4.69) is 9.47 Å². The van der Waals surface area contributed by atoms with Gasteiger partial charge in [-0.3, -0.25) is 0 Å². The molecule has 0 spiro atoms. The van der Waals surface area contributed by atoms with E-state index >= 15 is 0 Å². The van der Waals surface area contributed by atoms with Crippen molar-refractivity contribution in [2.45, 2.75) is 68.4 Å². The maximum absolute atomic E-state index is 13.5. The number of ether oxygens (including phenoxy) is 6. The Morgan fingerprint density at radius 3 is 1.10 bits per heavy atom. The molecule has 1 aliphatic heterocycles. The van der Waals surface area contributed by atoms with Gasteiger partial charge in [-0.1, -0.05) is 6.92 Å². The average molecular weight is 662 g/mol. The molecule has 0 aromatic rings. The normalized spacial score (nSPS) is 18.4. The van der Waals surface area contributed by atoms with Crippen LogP contribution in [-0.4, -0.2) is 81.5 Å². The van der Waals surface area contributed by atoms with E-state index in [1.54, 1.807) is 4.74 Å². The fourth-order valence-electron chi connectivity index (χ4n) is 2.28. The van der Waals surface area contributed by atoms with Crippen LogP contribution >= 0.6 is 0 Å². The summed E-state index contributed by atoms with van der Waals surface area (Å²) in [5, 5.41) is 0. The van der Waals surface area contributed by atoms with Crippen molar-refractivity contribution in [3.63, 3.8) is 0 Å². The van der Waals surface area contributed by atoms with E-state index < -0.39 is 73.7 Å². The Hall–Kier alpha value is -1.57. The third-order valence-corrected chi connectivity index (χ3v) is 4.64. The number of rotatable bonds is 16. The van der Waals surface area contributed by atoms with Gasteiger partial charge in [0, 0.05) is 5.41 Å². The lowest BCUT2D eigenvalue weighted by atomic mass is 9.84. The van der Waals surface area contributed by atoms with Gasteiger partial charge in [-0.15, -0.1) is 0 Å². The first-order valence-electron chi connectivity index (χ1n) is 9.85. The first-order valence-corrected chi connectivity index (χ1v) is 9.85. The standard InChI is InChI=1S/C16H13F19O6/c1-2-7(3-36-4-7)5-37-6-8(17,18)38-11(24,25)12(26,27)40-15(32,33)16(34,35)41-14(30,31)13(28,29)39-10(22,23)9(19,20)21/h2-6H2,1H3. The molecule has 0 radical (unpaired) electrons. The van der Waals surface area contributed by atoms with E-state index in [1.807, 2.05) is 0 Å². The summed E-state index contributed by atoms with van der Waals surface area (Å²) in [5.41, 5.74) is -0.911. The van der Waals surface area contributed by atoms with Crippen molar-refractivity contribution in [1.29, 1.82) is 0 Å². The lowest BCUT2D eigenvalue weighted by Crippen LogP contribution is -2.60. The summed E-state index contributed by atoms with van der Waals surface area (Å²) < 4.78 is 263. The predicted molar refractivity (Wildman–Crippen MR) is 84.3 cm³/mol. The van der Waals surface area contributed by atoms with Gasteiger partial charge in [-0.2, -0.15) is 83.4 Å². The molecule has 0 bridgehead atoms. The fourth-order valence-corrected chi connectivity index (χ4v) is 2.28. The van der Waals surface area contributed by atoms with Gasteiger partial charge < -0.3 is 9.47 Å². The van der Waals surface area contributed by atoms with E-state index in [9.17, 15) is 83.4 Å². The van der Waals surface area contributed by atoms with Crippen LogP contribution in [0.4, 0.5) is 83.4 Å². The van der Waals surface area contributed by atoms with E-state index in [-0.39, 0.29) is 19.6 Å². The minimum Gasteiger partial charge on any atom is -0.380 e. The number of alkyl halides is 19. The summed E-state index contributed by atoms with van der Waals surface area (Å²) in [4.78, 5) is 0. The molecule has 25 heteroatoms. The minimum absolute atomic E-state index is 0.0782. The molecule has 0 amide bonds. The molecule has 1 heterocycles. The van der Waals surface area contributed by atoms with Gasteiger partial charge in [0.05, 0.1) is 19.8 Å². The smallest absolute Gasteiger partial charge is 0.380 e. The largest absolute Gasteiger partial charge is 0.483 e. The van der Waals surface area contributed by atoms with Crippen LogP contribution in [0.3, 0.4) is 0 Å². The molecule has 0 atom stereocenters. The molecule has 6 nitrogen and oxygen atoms in total. The summed E-state index contributed by atoms with van der Waals surface area (Å²) in [5.74, 6) is 0. The quantitative estimate of drug-likeness (QED) is 0.170. The van der Waals surface area contributed by atoms with Gasteiger partial charge >= 0.3 is 55.0 Å². The number of hydrogen-bond acceptors (Lipinski definition) is 6. The van der Waals surface area contributed by atoms with Crippen molar-refractivity contribution in [2.24, 2.45) is 5.41 Å². The first-order chi connectivity index (χ1) is 17.8. The molecule has 0 aromatic heterocycles. The molecule has 1 fully saturated rings. The molecule has 1 saturated heterocycles. The van der Waals surface area contributed by atoms with Crippen LogP contribution in [0.2, 0.25) is 0 Å². The van der Waals surface area contributed by atoms with Crippen LogP contribution in [-0.2, 0) is 28.4 Å². The van der Waals surface area contributed by atoms with Crippen molar-refractivity contribution in [1.82, 2.24) is 0 Å². The summed E-state index contributed by atoms with van der Waals surface area (Å²) in [6.07, 6.45) is -65.1. The second-order valence-electron chi connectivity index (χ2n) is 8.00. The van der Waals surface area contributed by atoms with Crippen molar-refractivity contribution in [3.05, 3.63) is 0 Å². The highest BCUT2D eigenvalue weighted by Crippen LogP contribution is 2.52. The topological polar surface area (TPSA) is 55.4 Å². The highest BCUT2D eigenvalue weighted by Gasteiger charge is 2.78. The third kappa shape index (κ3) is 8.51. The molecule has 1 rings (SSSR count). The Balaban J connectivity index is 3.03. The molecule has 0 saturated carbocycles. The van der Waals surface area contributed by atoms with Gasteiger partial charge in [0.15, 0.2) is 0 Å². The van der Waals surface area contributed by atoms with Gasteiger partial charge in [0.2, 0.25) is 0 Å². The van der Waals surface area contributed by atoms with Crippen LogP contribution < -0.4 is 0 Å². The minimum atomic E-state index is -7.75. The lowest BCUT2D eigenvalue weighted by molar-refractivity contribution is -0.582. The Morgan fingerprint density at radius 1 is 0.512 bits per heavy atom. The zero-order valence-electron chi connectivity index (χ0n) is 19.2. The number of hydrogen-bond donors (Lipinski definition) is 0. The summed E-state index contributed by atoms with van der Waals surface area (Å²) in [6.45, 7) is -1.65. The molecule has 0 unspecified atom stereocenters. The number of halogens is 19. The average Bonchev–Trinajstić information content (AvgIpc) is 2.65. The van der Waals surface area contributed by atoms with E-state index in [0.29, 0.717) is 0 Å². The maximum Gasteiger partial charge on any atom is 0.483 e. The zero-order valence-corrected chi connectivity index (χ0v) is 19.2. The fraction of sp³-hybridized carbons (Fsp3) is 1.00. The Labute approximate surface area is 213 Å². The van der Waals surface area contributed by atoms with Crippen LogP contribution in [0.25, 0.3) is 0 Å². The first kappa shape index (κ1) is 37.5. The van der Waals surface area contributed by atoms with Gasteiger partial charge in [0.25, 0.3) is 0 Å². The predicted octanol–water partition coefficient (Wildman–Crippen LogP) is 6.80. The Kier molecular flexibility index (Phi) is 10.2. The third-order valence-electron chi connectivity index (χ3n) is 4.64. The molecule has 0 aromatic carbocycles. The molecule has 246 valence electrons. The van der Waals surface area contributed by atoms with Crippen LogP contribution in [0.15, 0.2) is 0 Å². The molecule has 0 aliphatic carbocycles. The van der Waals surface area contributed by atoms with Crippen molar-refractivity contribution >= 4 is 0 Å². The maximum atomic E-state index is 13.5. The summed E-state index contributed by atoms with van der Waals surface area (Å²) in [7, 11) is 0. The van der Waals surface area contributed by atoms with Gasteiger partial charge in [0.1, 0.15) is 6.61 Å². The van der Waals surface area contributed by atoms with E-state index in [0.717, 1.165) is 0 Å². The monoisotopic (exact) mass is 662 g/mol. The lowest BCUT2D eigenvalue weighted by Gasteiger charge is -2.40. The Bertz CT molecular complexity index is 880. The van der Waals surface area contributed by atoms with Gasteiger partial charge in [-0.05, 0) is 6.42 Å². The molecule has 0 N–H and O–H groups in total. The van der Waals surface area contributed by atoms with Gasteiger partial charge in [-0.25, -0.2) is 18.9 Å². The molecular weight excluding hydrogens is 649 g/mol. The molecule has 1 aliphatic rings. The van der Waals surface area contributed by atoms with Crippen molar-refractivity contribution in [2.75, 3.05) is 26.4 Å². The molecule has 41 heavy (non-hydrogen) atoms. The SMILES string of the molecule is CCC1(COCC(F)(F)OC(F)(F)C(F)(F)OC(F)(F)C(F)(F)OC(F)(F)C(F)(F)OC(F)(F)C(F)(F)F)COC1. The van der Waals surface area contributed by atoms with Crippen LogP contribution in [0, 0.1) is 5.41 Å². The summed E-state index contributed by atoms with van der Waals surface area (Å²) in [6, 6.07) is 0. The Morgan fingerprint density at radius 2 is 0.829 bits per heavy atom. The van der Waals surface area contributed by atoms with Crippen molar-refractivity contribution < 1.29 is 112 Å².